The lowest BCUT2D eigenvalue weighted by atomic mass is 9.85. The van der Waals surface area contributed by atoms with E-state index in [0.29, 0.717) is 30.0 Å². The van der Waals surface area contributed by atoms with Gasteiger partial charge < -0.3 is 10.1 Å². The van der Waals surface area contributed by atoms with Gasteiger partial charge in [0.05, 0.1) is 11.6 Å². The first-order valence-corrected chi connectivity index (χ1v) is 11.5. The summed E-state index contributed by atoms with van der Waals surface area (Å²) in [5, 5.41) is 13.1. The molecule has 0 saturated carbocycles. The number of benzene rings is 2. The predicted molar refractivity (Wildman–Crippen MR) is 128 cm³/mol. The SMILES string of the molecule is C[C@H](NC(=O)[C@@H]1CCN1C(=O)OC(C)(C)C)[C@@H](Cc1ccc(Cl)cc1)c1cccc(C#N)c1. The molecule has 2 aromatic carbocycles. The van der Waals surface area contributed by atoms with Crippen molar-refractivity contribution in [2.45, 2.75) is 64.1 Å². The zero-order chi connectivity index (χ0) is 24.2. The average molecular weight is 468 g/mol. The van der Waals surface area contributed by atoms with E-state index in [1.54, 1.807) is 26.8 Å². The normalized spacial score (nSPS) is 17.3. The molecule has 1 fully saturated rings. The van der Waals surface area contributed by atoms with Crippen molar-refractivity contribution in [3.63, 3.8) is 0 Å². The number of amides is 2. The number of carbonyl (C=O) groups excluding carboxylic acids is 2. The van der Waals surface area contributed by atoms with Crippen LogP contribution in [0.25, 0.3) is 0 Å². The number of nitriles is 1. The van der Waals surface area contributed by atoms with Crippen LogP contribution >= 0.6 is 11.6 Å². The Kier molecular flexibility index (Phi) is 7.65. The topological polar surface area (TPSA) is 82.4 Å². The highest BCUT2D eigenvalue weighted by Gasteiger charge is 2.40. The molecule has 2 aromatic rings. The summed E-state index contributed by atoms with van der Waals surface area (Å²) >= 11 is 6.04. The highest BCUT2D eigenvalue weighted by atomic mass is 35.5. The van der Waals surface area contributed by atoms with E-state index in [4.69, 9.17) is 16.3 Å². The Morgan fingerprint density at radius 2 is 1.94 bits per heavy atom. The Morgan fingerprint density at radius 3 is 2.52 bits per heavy atom. The fourth-order valence-corrected chi connectivity index (χ4v) is 4.04. The second-order valence-electron chi connectivity index (χ2n) is 9.45. The molecule has 174 valence electrons. The molecule has 33 heavy (non-hydrogen) atoms. The Labute approximate surface area is 200 Å². The molecule has 0 aliphatic carbocycles. The summed E-state index contributed by atoms with van der Waals surface area (Å²) in [4.78, 5) is 26.9. The van der Waals surface area contributed by atoms with Gasteiger partial charge in [-0.3, -0.25) is 9.69 Å². The molecule has 0 spiro atoms. The smallest absolute Gasteiger partial charge is 0.410 e. The van der Waals surface area contributed by atoms with Crippen LogP contribution in [0.3, 0.4) is 0 Å². The van der Waals surface area contributed by atoms with E-state index in [1.807, 2.05) is 49.4 Å². The van der Waals surface area contributed by atoms with Crippen LogP contribution < -0.4 is 5.32 Å². The molecule has 3 atom stereocenters. The van der Waals surface area contributed by atoms with Crippen LogP contribution in [0.2, 0.25) is 5.02 Å². The van der Waals surface area contributed by atoms with E-state index in [0.717, 1.165) is 11.1 Å². The van der Waals surface area contributed by atoms with Crippen LogP contribution in [-0.2, 0) is 16.0 Å². The fraction of sp³-hybridized carbons (Fsp3) is 0.423. The van der Waals surface area contributed by atoms with Crippen LogP contribution in [0.15, 0.2) is 48.5 Å². The fourth-order valence-electron chi connectivity index (χ4n) is 3.92. The molecule has 0 unspecified atom stereocenters. The Morgan fingerprint density at radius 1 is 1.24 bits per heavy atom. The minimum absolute atomic E-state index is 0.0709. The number of carbonyl (C=O) groups is 2. The van der Waals surface area contributed by atoms with E-state index < -0.39 is 17.7 Å². The number of hydrogen-bond donors (Lipinski definition) is 1. The molecule has 1 aliphatic heterocycles. The van der Waals surface area contributed by atoms with Crippen molar-refractivity contribution >= 4 is 23.6 Å². The number of nitrogens with one attached hydrogen (secondary N) is 1. The van der Waals surface area contributed by atoms with Gasteiger partial charge in [0.2, 0.25) is 5.91 Å². The highest BCUT2D eigenvalue weighted by molar-refractivity contribution is 6.30. The second-order valence-corrected chi connectivity index (χ2v) is 9.89. The minimum Gasteiger partial charge on any atom is -0.444 e. The van der Waals surface area contributed by atoms with Crippen molar-refractivity contribution in [2.24, 2.45) is 0 Å². The summed E-state index contributed by atoms with van der Waals surface area (Å²) in [7, 11) is 0. The van der Waals surface area contributed by atoms with Gasteiger partial charge in [0, 0.05) is 23.5 Å². The van der Waals surface area contributed by atoms with Gasteiger partial charge in [-0.1, -0.05) is 35.9 Å². The largest absolute Gasteiger partial charge is 0.444 e. The Hall–Kier alpha value is -3.04. The van der Waals surface area contributed by atoms with Crippen molar-refractivity contribution in [3.05, 3.63) is 70.2 Å². The lowest BCUT2D eigenvalue weighted by Crippen LogP contribution is -2.60. The van der Waals surface area contributed by atoms with Crippen LogP contribution in [0, 0.1) is 11.3 Å². The molecule has 1 saturated heterocycles. The number of halogens is 1. The number of hydrogen-bond acceptors (Lipinski definition) is 4. The highest BCUT2D eigenvalue weighted by Crippen LogP contribution is 2.28. The minimum atomic E-state index is -0.615. The number of ether oxygens (including phenoxy) is 1. The number of likely N-dealkylation sites (tertiary alicyclic amines) is 1. The van der Waals surface area contributed by atoms with Crippen LogP contribution in [0.1, 0.15) is 56.7 Å². The standard InChI is InChI=1S/C26H30ClN3O3/c1-17(29-24(31)23-12-13-30(23)25(32)33-26(2,3)4)22(15-18-8-10-21(27)11-9-18)20-7-5-6-19(14-20)16-28/h5-11,14,17,22-23H,12-13,15H2,1-4H3,(H,29,31)/t17-,22+,23-/m0/s1. The molecular weight excluding hydrogens is 438 g/mol. The van der Waals surface area contributed by atoms with Gasteiger partial charge >= 0.3 is 6.09 Å². The second kappa shape index (κ2) is 10.3. The summed E-state index contributed by atoms with van der Waals surface area (Å²) in [6, 6.07) is 16.5. The first-order chi connectivity index (χ1) is 15.6. The van der Waals surface area contributed by atoms with Gasteiger partial charge in [-0.25, -0.2) is 4.79 Å². The third kappa shape index (κ3) is 6.49. The lowest BCUT2D eigenvalue weighted by Gasteiger charge is -2.41. The molecule has 1 N–H and O–H groups in total. The van der Waals surface area contributed by atoms with E-state index in [-0.39, 0.29) is 17.9 Å². The zero-order valence-electron chi connectivity index (χ0n) is 19.5. The Bertz CT molecular complexity index is 1040. The predicted octanol–water partition coefficient (Wildman–Crippen LogP) is 5.05. The maximum Gasteiger partial charge on any atom is 0.410 e. The molecule has 7 heteroatoms. The summed E-state index contributed by atoms with van der Waals surface area (Å²) in [5.41, 5.74) is 2.00. The van der Waals surface area contributed by atoms with E-state index in [2.05, 4.69) is 11.4 Å². The van der Waals surface area contributed by atoms with Crippen LogP contribution in [-0.4, -0.2) is 41.1 Å². The molecule has 1 heterocycles. The van der Waals surface area contributed by atoms with Crippen molar-refractivity contribution in [1.29, 1.82) is 5.26 Å². The average Bonchev–Trinajstić information content (AvgIpc) is 2.71. The molecule has 0 aromatic heterocycles. The molecular formula is C26H30ClN3O3. The third-order valence-electron chi connectivity index (χ3n) is 5.74. The van der Waals surface area contributed by atoms with Crippen molar-refractivity contribution in [3.8, 4) is 6.07 Å². The maximum atomic E-state index is 13.0. The summed E-state index contributed by atoms with van der Waals surface area (Å²) < 4.78 is 5.42. The molecule has 2 amide bonds. The van der Waals surface area contributed by atoms with Gasteiger partial charge in [0.1, 0.15) is 11.6 Å². The summed E-state index contributed by atoms with van der Waals surface area (Å²) in [6.45, 7) is 7.86. The van der Waals surface area contributed by atoms with E-state index in [9.17, 15) is 14.9 Å². The van der Waals surface area contributed by atoms with Gasteiger partial charge in [0.25, 0.3) is 0 Å². The maximum absolute atomic E-state index is 13.0. The molecule has 0 bridgehead atoms. The van der Waals surface area contributed by atoms with Crippen LogP contribution in [0.5, 0.6) is 0 Å². The quantitative estimate of drug-likeness (QED) is 0.644. The lowest BCUT2D eigenvalue weighted by molar-refractivity contribution is -0.131. The number of rotatable bonds is 6. The van der Waals surface area contributed by atoms with E-state index in [1.165, 1.54) is 4.90 Å². The van der Waals surface area contributed by atoms with Crippen molar-refractivity contribution < 1.29 is 14.3 Å². The van der Waals surface area contributed by atoms with Crippen molar-refractivity contribution in [2.75, 3.05) is 6.54 Å². The molecule has 6 nitrogen and oxygen atoms in total. The first-order valence-electron chi connectivity index (χ1n) is 11.1. The summed E-state index contributed by atoms with van der Waals surface area (Å²) in [5.74, 6) is -0.268. The number of nitrogens with zero attached hydrogens (tertiary/aromatic N) is 2. The monoisotopic (exact) mass is 467 g/mol. The Balaban J connectivity index is 1.76. The van der Waals surface area contributed by atoms with Gasteiger partial charge in [0.15, 0.2) is 0 Å². The van der Waals surface area contributed by atoms with Gasteiger partial charge in [-0.15, -0.1) is 0 Å². The van der Waals surface area contributed by atoms with E-state index >= 15 is 0 Å². The molecule has 1 aliphatic rings. The first kappa shape index (κ1) is 24.6. The molecule has 3 rings (SSSR count). The van der Waals surface area contributed by atoms with Gasteiger partial charge in [-0.2, -0.15) is 5.26 Å². The van der Waals surface area contributed by atoms with Gasteiger partial charge in [-0.05, 0) is 75.9 Å². The van der Waals surface area contributed by atoms with Crippen molar-refractivity contribution in [1.82, 2.24) is 10.2 Å². The summed E-state index contributed by atoms with van der Waals surface area (Å²) in [6.07, 6.45) is 0.790. The van der Waals surface area contributed by atoms with Crippen LogP contribution in [0.4, 0.5) is 4.79 Å². The third-order valence-corrected chi connectivity index (χ3v) is 5.99. The molecule has 0 radical (unpaired) electrons. The zero-order valence-corrected chi connectivity index (χ0v) is 20.2.